The molecule has 6 nitrogen and oxygen atoms in total. The summed E-state index contributed by atoms with van der Waals surface area (Å²) in [6.07, 6.45) is 2.55. The second-order valence-electron chi connectivity index (χ2n) is 7.46. The van der Waals surface area contributed by atoms with Crippen molar-refractivity contribution in [2.75, 3.05) is 25.0 Å². The molecule has 2 heterocycles. The molecule has 1 aliphatic carbocycles. The first-order valence-electron chi connectivity index (χ1n) is 9.60. The van der Waals surface area contributed by atoms with Crippen LogP contribution in [0, 0.1) is 11.8 Å². The molecule has 4 rings (SSSR count). The van der Waals surface area contributed by atoms with E-state index in [1.807, 2.05) is 47.1 Å². The van der Waals surface area contributed by atoms with Crippen LogP contribution >= 0.6 is 0 Å². The Morgan fingerprint density at radius 2 is 2.04 bits per heavy atom. The summed E-state index contributed by atoms with van der Waals surface area (Å²) >= 11 is 0. The van der Waals surface area contributed by atoms with Gasteiger partial charge in [-0.15, -0.1) is 0 Å². The van der Waals surface area contributed by atoms with Crippen molar-refractivity contribution >= 4 is 23.5 Å². The zero-order chi connectivity index (χ0) is 18.3. The number of nitrogens with zero attached hydrogens (tertiary/aromatic N) is 3. The first-order valence-corrected chi connectivity index (χ1v) is 9.60. The van der Waals surface area contributed by atoms with Crippen LogP contribution in [0.15, 0.2) is 35.3 Å². The standard InChI is InChI=1S/C20H26N4O2/c1-3-17-22-20(18(25)24(17)4-2)11-10-14-12-23(13-16(14)20)19(26)21-15-8-6-5-7-9-15/h5-9,14,16H,3-4,10-13H2,1-2H3,(H,21,26)/t14-,16+,20-/m1/s1. The maximum atomic E-state index is 13.1. The normalized spacial score (nSPS) is 30.1. The molecule has 1 saturated carbocycles. The lowest BCUT2D eigenvalue weighted by molar-refractivity contribution is -0.132. The summed E-state index contributed by atoms with van der Waals surface area (Å²) in [6.45, 7) is 6.04. The van der Waals surface area contributed by atoms with Gasteiger partial charge in [0.15, 0.2) is 0 Å². The van der Waals surface area contributed by atoms with Gasteiger partial charge in [0.25, 0.3) is 5.91 Å². The minimum Gasteiger partial charge on any atom is -0.324 e. The van der Waals surface area contributed by atoms with Gasteiger partial charge in [0.1, 0.15) is 11.4 Å². The van der Waals surface area contributed by atoms with Crippen LogP contribution in [0.1, 0.15) is 33.1 Å². The second-order valence-corrected chi connectivity index (χ2v) is 7.46. The number of aliphatic imine (C=N–C) groups is 1. The van der Waals surface area contributed by atoms with Crippen LogP contribution in [-0.2, 0) is 4.79 Å². The average Bonchev–Trinajstić information content (AvgIpc) is 3.30. The Morgan fingerprint density at radius 3 is 2.69 bits per heavy atom. The zero-order valence-corrected chi connectivity index (χ0v) is 15.4. The smallest absolute Gasteiger partial charge is 0.321 e. The van der Waals surface area contributed by atoms with E-state index in [1.165, 1.54) is 0 Å². The molecule has 0 radical (unpaired) electrons. The van der Waals surface area contributed by atoms with Crippen molar-refractivity contribution in [2.45, 2.75) is 38.6 Å². The van der Waals surface area contributed by atoms with Crippen LogP contribution in [0.4, 0.5) is 10.5 Å². The van der Waals surface area contributed by atoms with Gasteiger partial charge in [-0.1, -0.05) is 25.1 Å². The largest absolute Gasteiger partial charge is 0.324 e. The molecule has 0 unspecified atom stereocenters. The maximum absolute atomic E-state index is 13.1. The molecule has 1 saturated heterocycles. The Labute approximate surface area is 154 Å². The van der Waals surface area contributed by atoms with E-state index in [0.717, 1.165) is 30.8 Å². The lowest BCUT2D eigenvalue weighted by atomic mass is 9.85. The van der Waals surface area contributed by atoms with Gasteiger partial charge in [-0.05, 0) is 37.8 Å². The van der Waals surface area contributed by atoms with E-state index in [2.05, 4.69) is 12.2 Å². The van der Waals surface area contributed by atoms with Crippen LogP contribution in [0.3, 0.4) is 0 Å². The highest BCUT2D eigenvalue weighted by molar-refractivity contribution is 6.08. The summed E-state index contributed by atoms with van der Waals surface area (Å²) in [5.74, 6) is 1.55. The monoisotopic (exact) mass is 354 g/mol. The number of nitrogens with one attached hydrogen (secondary N) is 1. The van der Waals surface area contributed by atoms with Crippen molar-refractivity contribution in [3.63, 3.8) is 0 Å². The zero-order valence-electron chi connectivity index (χ0n) is 15.4. The van der Waals surface area contributed by atoms with E-state index in [0.29, 0.717) is 25.6 Å². The third kappa shape index (κ3) is 2.50. The van der Waals surface area contributed by atoms with Gasteiger partial charge in [0.05, 0.1) is 0 Å². The van der Waals surface area contributed by atoms with Gasteiger partial charge in [-0.2, -0.15) is 0 Å². The predicted molar refractivity (Wildman–Crippen MR) is 101 cm³/mol. The molecule has 6 heteroatoms. The highest BCUT2D eigenvalue weighted by Gasteiger charge is 2.61. The summed E-state index contributed by atoms with van der Waals surface area (Å²) in [4.78, 5) is 34.4. The third-order valence-electron chi connectivity index (χ3n) is 6.15. The number of amidine groups is 1. The van der Waals surface area contributed by atoms with E-state index in [4.69, 9.17) is 4.99 Å². The quantitative estimate of drug-likeness (QED) is 0.907. The summed E-state index contributed by atoms with van der Waals surface area (Å²) in [5.41, 5.74) is 0.165. The van der Waals surface area contributed by atoms with E-state index in [1.54, 1.807) is 0 Å². The number of benzene rings is 1. The fourth-order valence-corrected chi connectivity index (χ4v) is 4.88. The molecule has 0 aromatic heterocycles. The first kappa shape index (κ1) is 17.1. The highest BCUT2D eigenvalue weighted by atomic mass is 16.2. The van der Waals surface area contributed by atoms with Crippen LogP contribution in [0.25, 0.3) is 0 Å². The number of carbonyl (C=O) groups excluding carboxylic acids is 2. The number of carbonyl (C=O) groups is 2. The number of amides is 3. The number of para-hydroxylation sites is 1. The minimum atomic E-state index is -0.631. The van der Waals surface area contributed by atoms with Gasteiger partial charge in [-0.3, -0.25) is 14.7 Å². The Hall–Kier alpha value is -2.37. The topological polar surface area (TPSA) is 65.0 Å². The van der Waals surface area contributed by atoms with Crippen LogP contribution < -0.4 is 5.32 Å². The Morgan fingerprint density at radius 1 is 1.27 bits per heavy atom. The van der Waals surface area contributed by atoms with Crippen molar-refractivity contribution in [1.82, 2.24) is 9.80 Å². The van der Waals surface area contributed by atoms with Crippen LogP contribution in [0.5, 0.6) is 0 Å². The number of rotatable bonds is 3. The van der Waals surface area contributed by atoms with Crippen molar-refractivity contribution in [3.8, 4) is 0 Å². The fraction of sp³-hybridized carbons (Fsp3) is 0.550. The van der Waals surface area contributed by atoms with Crippen LogP contribution in [-0.4, -0.2) is 52.7 Å². The molecule has 1 aromatic rings. The first-order chi connectivity index (χ1) is 12.6. The number of likely N-dealkylation sites (N-methyl/N-ethyl adjacent to an activating group) is 1. The molecular formula is C20H26N4O2. The number of fused-ring (bicyclic) bond motifs is 2. The molecule has 26 heavy (non-hydrogen) atoms. The summed E-state index contributed by atoms with van der Waals surface area (Å²) < 4.78 is 0. The lowest BCUT2D eigenvalue weighted by Gasteiger charge is -2.27. The minimum absolute atomic E-state index is 0.0850. The Balaban J connectivity index is 1.52. The van der Waals surface area contributed by atoms with E-state index < -0.39 is 5.54 Å². The van der Waals surface area contributed by atoms with Crippen molar-refractivity contribution in [3.05, 3.63) is 30.3 Å². The van der Waals surface area contributed by atoms with Crippen molar-refractivity contribution in [1.29, 1.82) is 0 Å². The SMILES string of the molecule is CCC1=N[C@@]2(CC[C@@H]3CN(C(=O)Nc4ccccc4)C[C@@H]32)C(=O)N1CC. The molecular weight excluding hydrogens is 328 g/mol. The number of hydrogen-bond acceptors (Lipinski definition) is 3. The number of anilines is 1. The second kappa shape index (κ2) is 6.41. The fourth-order valence-electron chi connectivity index (χ4n) is 4.88. The predicted octanol–water partition coefficient (Wildman–Crippen LogP) is 2.97. The Kier molecular flexibility index (Phi) is 4.21. The molecule has 138 valence electrons. The maximum Gasteiger partial charge on any atom is 0.321 e. The molecule has 1 N–H and O–H groups in total. The third-order valence-corrected chi connectivity index (χ3v) is 6.15. The molecule has 3 atom stereocenters. The number of likely N-dealkylation sites (tertiary alicyclic amines) is 1. The Bertz CT molecular complexity index is 747. The number of urea groups is 1. The van der Waals surface area contributed by atoms with Crippen molar-refractivity contribution in [2.24, 2.45) is 16.8 Å². The van der Waals surface area contributed by atoms with Gasteiger partial charge in [0.2, 0.25) is 0 Å². The van der Waals surface area contributed by atoms with Gasteiger partial charge >= 0.3 is 6.03 Å². The van der Waals surface area contributed by atoms with E-state index in [-0.39, 0.29) is 17.9 Å². The van der Waals surface area contributed by atoms with E-state index in [9.17, 15) is 9.59 Å². The van der Waals surface area contributed by atoms with E-state index >= 15 is 0 Å². The summed E-state index contributed by atoms with van der Waals surface area (Å²) in [5, 5.41) is 2.96. The molecule has 2 aliphatic heterocycles. The summed E-state index contributed by atoms with van der Waals surface area (Å²) in [6, 6.07) is 9.41. The molecule has 3 amide bonds. The van der Waals surface area contributed by atoms with Gasteiger partial charge < -0.3 is 10.2 Å². The molecule has 1 spiro atoms. The summed E-state index contributed by atoms with van der Waals surface area (Å²) in [7, 11) is 0. The van der Waals surface area contributed by atoms with Gasteiger partial charge in [0, 0.05) is 37.7 Å². The molecule has 1 aromatic carbocycles. The van der Waals surface area contributed by atoms with Crippen LogP contribution in [0.2, 0.25) is 0 Å². The molecule has 2 fully saturated rings. The lowest BCUT2D eigenvalue weighted by Crippen LogP contribution is -2.47. The molecule has 0 bridgehead atoms. The van der Waals surface area contributed by atoms with Crippen molar-refractivity contribution < 1.29 is 9.59 Å². The number of hydrogen-bond donors (Lipinski definition) is 1. The average molecular weight is 354 g/mol. The highest BCUT2D eigenvalue weighted by Crippen LogP contribution is 2.50. The molecule has 3 aliphatic rings. The van der Waals surface area contributed by atoms with Gasteiger partial charge in [-0.25, -0.2) is 4.79 Å².